The second-order valence-corrected chi connectivity index (χ2v) is 4.19. The van der Waals surface area contributed by atoms with E-state index in [4.69, 9.17) is 16.6 Å². The largest absolute Gasteiger partial charge is 0.515 e. The van der Waals surface area contributed by atoms with Gasteiger partial charge in [-0.05, 0) is 0 Å². The van der Waals surface area contributed by atoms with Crippen molar-refractivity contribution in [3.8, 4) is 0 Å². The van der Waals surface area contributed by atoms with Gasteiger partial charge in [0.05, 0.1) is 12.7 Å². The first kappa shape index (κ1) is 21.7. The summed E-state index contributed by atoms with van der Waals surface area (Å²) in [6, 6.07) is 0. The minimum absolute atomic E-state index is 0. The van der Waals surface area contributed by atoms with Crippen molar-refractivity contribution in [1.82, 2.24) is 0 Å². The van der Waals surface area contributed by atoms with E-state index in [1.54, 1.807) is 0 Å². The maximum atomic E-state index is 9.53. The Labute approximate surface area is 137 Å². The number of nitrogens with two attached hydrogens (primary N) is 2. The number of thiol groups is 2. The fourth-order valence-electron chi connectivity index (χ4n) is 0.861. The molecule has 0 fully saturated rings. The third kappa shape index (κ3) is 11.3. The molecular weight excluding hydrogens is 356 g/mol. The fourth-order valence-corrected chi connectivity index (χ4v) is 0.958. The maximum absolute atomic E-state index is 9.53. The van der Waals surface area contributed by atoms with Crippen LogP contribution in [-0.4, -0.2) is 56.3 Å². The maximum Gasteiger partial charge on any atom is 0.183 e. The van der Waals surface area contributed by atoms with Crippen molar-refractivity contribution in [3.63, 3.8) is 0 Å². The van der Waals surface area contributed by atoms with Crippen LogP contribution in [0.25, 0.3) is 10.9 Å². The first-order chi connectivity index (χ1) is 8.86. The van der Waals surface area contributed by atoms with Gasteiger partial charge in [0.2, 0.25) is 0 Å². The van der Waals surface area contributed by atoms with Gasteiger partial charge in [-0.3, -0.25) is 11.5 Å². The molecule has 2 atom stereocenters. The van der Waals surface area contributed by atoms with Gasteiger partial charge in [-0.25, -0.2) is 0 Å². The van der Waals surface area contributed by atoms with Crippen LogP contribution < -0.4 is 11.5 Å². The van der Waals surface area contributed by atoms with E-state index in [1.807, 2.05) is 0 Å². The van der Waals surface area contributed by atoms with Gasteiger partial charge in [0.1, 0.15) is 6.10 Å². The first-order valence-electron chi connectivity index (χ1n) is 4.98. The van der Waals surface area contributed by atoms with Crippen LogP contribution in [0.2, 0.25) is 0 Å². The van der Waals surface area contributed by atoms with Crippen molar-refractivity contribution in [2.75, 3.05) is 6.61 Å². The summed E-state index contributed by atoms with van der Waals surface area (Å²) in [6.07, 6.45) is -1.53. The monoisotopic (exact) mass is 371 g/mol. The van der Waals surface area contributed by atoms with Crippen molar-refractivity contribution in [3.05, 3.63) is 10.9 Å². The normalized spacial score (nSPS) is 14.3. The molecule has 7 N–H and O–H groups in total. The van der Waals surface area contributed by atoms with Gasteiger partial charge < -0.3 is 36.4 Å². The molecule has 20 heavy (non-hydrogen) atoms. The summed E-state index contributed by atoms with van der Waals surface area (Å²) >= 11 is 7.41. The van der Waals surface area contributed by atoms with E-state index in [0.717, 1.165) is 6.21 Å². The minimum atomic E-state index is -1.31. The molecule has 1 radical (unpaired) electrons. The molecular formula is C8H16CuN6O3S2. The van der Waals surface area contributed by atoms with Crippen LogP contribution in [0.15, 0.2) is 10.2 Å². The van der Waals surface area contributed by atoms with Gasteiger partial charge in [-0.1, -0.05) is 0 Å². The van der Waals surface area contributed by atoms with Crippen LogP contribution in [-0.2, 0) is 41.5 Å². The Morgan fingerprint density at radius 1 is 1.15 bits per heavy atom. The first-order valence-corrected chi connectivity index (χ1v) is 5.87. The Hall–Kier alpha value is -0.561. The molecule has 119 valence electrons. The number of rotatable bonds is 7. The third-order valence-electron chi connectivity index (χ3n) is 1.70. The van der Waals surface area contributed by atoms with Crippen molar-refractivity contribution in [2.45, 2.75) is 18.6 Å². The summed E-state index contributed by atoms with van der Waals surface area (Å²) in [5.41, 5.74) is 17.4. The zero-order valence-corrected chi connectivity index (χ0v) is 12.9. The Balaban J connectivity index is 0. The molecule has 0 aromatic carbocycles. The minimum Gasteiger partial charge on any atom is -0.515 e. The van der Waals surface area contributed by atoms with Crippen molar-refractivity contribution in [2.24, 2.45) is 21.7 Å². The van der Waals surface area contributed by atoms with E-state index < -0.39 is 18.8 Å². The van der Waals surface area contributed by atoms with E-state index in [-0.39, 0.29) is 39.4 Å². The number of hydrogen-bond acceptors (Lipinski definition) is 5. The van der Waals surface area contributed by atoms with E-state index >= 15 is 0 Å². The molecule has 0 spiro atoms. The van der Waals surface area contributed by atoms with E-state index in [2.05, 4.69) is 45.5 Å². The Bertz CT molecular complexity index is 381. The summed E-state index contributed by atoms with van der Waals surface area (Å²) in [7, 11) is 0. The number of aliphatic hydroxyl groups excluding tert-OH is 3. The third-order valence-corrected chi connectivity index (χ3v) is 1.88. The fraction of sp³-hybridized carbons (Fsp3) is 0.500. The summed E-state index contributed by atoms with van der Waals surface area (Å²) in [5, 5.41) is 34.5. The van der Waals surface area contributed by atoms with Crippen molar-refractivity contribution >= 4 is 46.6 Å². The quantitative estimate of drug-likeness (QED) is 0.0793. The van der Waals surface area contributed by atoms with Crippen LogP contribution in [0.5, 0.6) is 0 Å². The van der Waals surface area contributed by atoms with Gasteiger partial charge in [0, 0.05) is 35.4 Å². The molecule has 2 unspecified atom stereocenters. The predicted octanol–water partition coefficient (Wildman–Crippen LogP) is -3.17. The van der Waals surface area contributed by atoms with Crippen LogP contribution in [0, 0.1) is 0 Å². The van der Waals surface area contributed by atoms with Gasteiger partial charge in [0.15, 0.2) is 34.7 Å². The molecule has 0 bridgehead atoms. The van der Waals surface area contributed by atoms with Crippen molar-refractivity contribution < 1.29 is 32.4 Å². The van der Waals surface area contributed by atoms with Gasteiger partial charge in [0.25, 0.3) is 0 Å². The molecule has 0 aromatic rings. The molecule has 0 saturated carbocycles. The van der Waals surface area contributed by atoms with E-state index in [1.165, 1.54) is 0 Å². The van der Waals surface area contributed by atoms with E-state index in [0.29, 0.717) is 0 Å². The molecule has 0 aliphatic rings. The van der Waals surface area contributed by atoms with Gasteiger partial charge in [-0.2, -0.15) is 0 Å². The van der Waals surface area contributed by atoms with Crippen LogP contribution in [0.3, 0.4) is 0 Å². The second kappa shape index (κ2) is 12.2. The molecule has 0 aromatic heterocycles. The molecule has 0 amide bonds. The van der Waals surface area contributed by atoms with Crippen LogP contribution in [0.1, 0.15) is 6.42 Å². The summed E-state index contributed by atoms with van der Waals surface area (Å²) in [6.45, 7) is -0.592. The van der Waals surface area contributed by atoms with Crippen LogP contribution >= 0.6 is 0 Å². The number of aliphatic hydroxyl groups is 3. The molecule has 12 heteroatoms. The molecule has 0 aliphatic carbocycles. The van der Waals surface area contributed by atoms with Crippen LogP contribution in [0.4, 0.5) is 0 Å². The smallest absolute Gasteiger partial charge is 0.183 e. The Morgan fingerprint density at radius 3 is 2.15 bits per heavy atom. The zero-order chi connectivity index (χ0) is 14.8. The summed E-state index contributed by atoms with van der Waals surface area (Å²) in [4.78, 5) is 0. The molecule has 0 heterocycles. The van der Waals surface area contributed by atoms with Gasteiger partial charge in [-0.15, -0.1) is 0 Å². The average Bonchev–Trinajstić information content (AvgIpc) is 2.33. The summed E-state index contributed by atoms with van der Waals surface area (Å²) < 4.78 is 0. The SMILES string of the molecule is NC(=[SH+])[N-]N=CC(CC(O)C(O)CO)=N[N-]C(N)=[SH+].[Cu]. The topological polar surface area (TPSA) is 166 Å². The number of hydrogen-bond donors (Lipinski definition) is 5. The Morgan fingerprint density at radius 2 is 1.70 bits per heavy atom. The van der Waals surface area contributed by atoms with E-state index in [9.17, 15) is 10.2 Å². The summed E-state index contributed by atoms with van der Waals surface area (Å²) in [5.74, 6) is 0. The molecule has 0 rings (SSSR count). The number of nitrogens with zero attached hydrogens (tertiary/aromatic N) is 4. The van der Waals surface area contributed by atoms with Crippen molar-refractivity contribution in [1.29, 1.82) is 0 Å². The zero-order valence-electron chi connectivity index (χ0n) is 10.1. The van der Waals surface area contributed by atoms with Gasteiger partial charge >= 0.3 is 0 Å². The average molecular weight is 372 g/mol. The Kier molecular flexibility index (Phi) is 13.3. The standard InChI is InChI=1S/C8H16N6O3S2.Cu/c9-7(18)13-11-2-4(12-14-8(10)19)1-5(16)6(17)3-15;/h2,5-6,15-17H,1,3H2,(H6,9,10,11,12,13,14,18,19);. The molecule has 0 aliphatic heterocycles. The predicted molar refractivity (Wildman–Crippen MR) is 82.3 cm³/mol. The molecule has 0 saturated heterocycles. The molecule has 9 nitrogen and oxygen atoms in total. The second-order valence-electron chi connectivity index (χ2n) is 3.27.